The molecule has 2 aromatic carbocycles. The fourth-order valence-electron chi connectivity index (χ4n) is 4.81. The second-order valence-electron chi connectivity index (χ2n) is 11.5. The van der Waals surface area contributed by atoms with Crippen LogP contribution in [-0.2, 0) is 16.0 Å². The van der Waals surface area contributed by atoms with Gasteiger partial charge in [0, 0.05) is 18.5 Å². The van der Waals surface area contributed by atoms with E-state index in [-0.39, 0.29) is 30.7 Å². The standard InChI is InChI=1S/C33H45N7O5/c1-4-5-17-35-33(45)40(20-22(2)3)21-28(41)26(18-23-11-7-6-8-12-23)37-31(43)27(19-29(34)42)38-32(44)39-30-16-15-24-13-9-10-14-25(24)36-30/h6-16,22,26-28,41H,4-5,17-21H2,1-3H3,(H2,34,42)(H,35,45)(H,37,43)(H2,36,38,39,44). The van der Waals surface area contributed by atoms with Gasteiger partial charge in [-0.15, -0.1) is 0 Å². The van der Waals surface area contributed by atoms with Crippen molar-refractivity contribution in [2.75, 3.05) is 25.0 Å². The summed E-state index contributed by atoms with van der Waals surface area (Å²) in [6.07, 6.45) is 0.342. The largest absolute Gasteiger partial charge is 0.389 e. The molecule has 242 valence electrons. The number of urea groups is 2. The number of rotatable bonds is 16. The number of anilines is 1. The first kappa shape index (κ1) is 34.8. The Bertz CT molecular complexity index is 1420. The number of unbranched alkanes of at least 4 members (excludes halogenated alkanes) is 1. The summed E-state index contributed by atoms with van der Waals surface area (Å²) in [4.78, 5) is 57.2. The maximum Gasteiger partial charge on any atom is 0.321 e. The number of carbonyl (C=O) groups excluding carboxylic acids is 4. The number of primary amides is 1. The van der Waals surface area contributed by atoms with Crippen LogP contribution in [0.25, 0.3) is 10.9 Å². The maximum atomic E-state index is 13.5. The van der Waals surface area contributed by atoms with Gasteiger partial charge < -0.3 is 31.7 Å². The Morgan fingerprint density at radius 3 is 2.33 bits per heavy atom. The molecular formula is C33H45N7O5. The predicted octanol–water partition coefficient (Wildman–Crippen LogP) is 3.16. The number of hydrogen-bond acceptors (Lipinski definition) is 6. The topological polar surface area (TPSA) is 179 Å². The zero-order chi connectivity index (χ0) is 32.8. The number of carbonyl (C=O) groups is 4. The van der Waals surface area contributed by atoms with Crippen LogP contribution in [0, 0.1) is 5.92 Å². The van der Waals surface area contributed by atoms with Crippen molar-refractivity contribution in [2.24, 2.45) is 11.7 Å². The first-order valence-electron chi connectivity index (χ1n) is 15.3. The van der Waals surface area contributed by atoms with Gasteiger partial charge in [-0.3, -0.25) is 14.9 Å². The minimum atomic E-state index is -1.34. The first-order chi connectivity index (χ1) is 21.5. The molecule has 0 saturated carbocycles. The Kier molecular flexibility index (Phi) is 13.6. The smallest absolute Gasteiger partial charge is 0.321 e. The minimum absolute atomic E-state index is 0.0457. The van der Waals surface area contributed by atoms with Gasteiger partial charge in [0.25, 0.3) is 0 Å². The number of nitrogens with one attached hydrogen (secondary N) is 4. The molecule has 45 heavy (non-hydrogen) atoms. The molecule has 0 fully saturated rings. The summed E-state index contributed by atoms with van der Waals surface area (Å²) in [6.45, 7) is 6.84. The van der Waals surface area contributed by atoms with Crippen molar-refractivity contribution in [3.63, 3.8) is 0 Å². The number of hydrogen-bond donors (Lipinski definition) is 6. The molecule has 3 aromatic rings. The zero-order valence-electron chi connectivity index (χ0n) is 26.2. The Morgan fingerprint density at radius 2 is 1.64 bits per heavy atom. The Hall–Kier alpha value is -4.71. The normalized spacial score (nSPS) is 13.0. The van der Waals surface area contributed by atoms with E-state index in [4.69, 9.17) is 5.73 Å². The summed E-state index contributed by atoms with van der Waals surface area (Å²) >= 11 is 0. The van der Waals surface area contributed by atoms with E-state index in [0.717, 1.165) is 23.8 Å². The van der Waals surface area contributed by atoms with E-state index < -0.39 is 42.5 Å². The van der Waals surface area contributed by atoms with E-state index in [1.165, 1.54) is 4.90 Å². The molecule has 12 heteroatoms. The van der Waals surface area contributed by atoms with Crippen molar-refractivity contribution < 1.29 is 24.3 Å². The van der Waals surface area contributed by atoms with E-state index >= 15 is 0 Å². The number of aliphatic hydroxyl groups is 1. The molecule has 3 rings (SSSR count). The number of aliphatic hydroxyl groups excluding tert-OH is 1. The summed E-state index contributed by atoms with van der Waals surface area (Å²) in [6, 6.07) is 16.8. The molecule has 0 bridgehead atoms. The van der Waals surface area contributed by atoms with Gasteiger partial charge in [0.2, 0.25) is 11.8 Å². The number of nitrogens with two attached hydrogens (primary N) is 1. The molecule has 0 aliphatic rings. The third-order valence-electron chi connectivity index (χ3n) is 7.04. The van der Waals surface area contributed by atoms with Crippen LogP contribution in [0.3, 0.4) is 0 Å². The molecule has 1 aromatic heterocycles. The number of benzene rings is 2. The van der Waals surface area contributed by atoms with Crippen LogP contribution in [0.1, 0.15) is 45.6 Å². The highest BCUT2D eigenvalue weighted by Gasteiger charge is 2.30. The Labute approximate surface area is 264 Å². The molecule has 0 saturated heterocycles. The SMILES string of the molecule is CCCCNC(=O)N(CC(C)C)CC(O)C(Cc1ccccc1)NC(=O)C(CC(N)=O)NC(=O)Nc1ccc2ccccc2n1. The fraction of sp³-hybridized carbons (Fsp3) is 0.424. The number of para-hydroxylation sites is 1. The number of nitrogens with zero attached hydrogens (tertiary/aromatic N) is 2. The minimum Gasteiger partial charge on any atom is -0.389 e. The monoisotopic (exact) mass is 619 g/mol. The highest BCUT2D eigenvalue weighted by atomic mass is 16.3. The predicted molar refractivity (Wildman–Crippen MR) is 174 cm³/mol. The Morgan fingerprint density at radius 1 is 0.933 bits per heavy atom. The lowest BCUT2D eigenvalue weighted by molar-refractivity contribution is -0.128. The van der Waals surface area contributed by atoms with Crippen LogP contribution < -0.4 is 27.0 Å². The van der Waals surface area contributed by atoms with Crippen molar-refractivity contribution in [3.8, 4) is 0 Å². The van der Waals surface area contributed by atoms with Crippen LogP contribution in [0.15, 0.2) is 66.7 Å². The summed E-state index contributed by atoms with van der Waals surface area (Å²) in [5.74, 6) is -1.12. The Balaban J connectivity index is 1.76. The highest BCUT2D eigenvalue weighted by Crippen LogP contribution is 2.15. The lowest BCUT2D eigenvalue weighted by Gasteiger charge is -2.32. The third kappa shape index (κ3) is 11.7. The molecule has 0 aliphatic carbocycles. The van der Waals surface area contributed by atoms with Gasteiger partial charge >= 0.3 is 12.1 Å². The van der Waals surface area contributed by atoms with Crippen LogP contribution in [0.5, 0.6) is 0 Å². The molecular weight excluding hydrogens is 574 g/mol. The summed E-state index contributed by atoms with van der Waals surface area (Å²) < 4.78 is 0. The van der Waals surface area contributed by atoms with Crippen LogP contribution in [0.2, 0.25) is 0 Å². The molecule has 0 aliphatic heterocycles. The van der Waals surface area contributed by atoms with E-state index in [2.05, 4.69) is 26.3 Å². The molecule has 6 amide bonds. The second-order valence-corrected chi connectivity index (χ2v) is 11.5. The van der Waals surface area contributed by atoms with Crippen molar-refractivity contribution in [1.82, 2.24) is 25.8 Å². The van der Waals surface area contributed by atoms with Crippen LogP contribution >= 0.6 is 0 Å². The number of amides is 6. The highest BCUT2D eigenvalue weighted by molar-refractivity contribution is 5.96. The molecule has 0 radical (unpaired) electrons. The number of pyridine rings is 1. The molecule has 3 atom stereocenters. The van der Waals surface area contributed by atoms with Crippen LogP contribution in [0.4, 0.5) is 15.4 Å². The van der Waals surface area contributed by atoms with Gasteiger partial charge in [0.15, 0.2) is 0 Å². The van der Waals surface area contributed by atoms with Gasteiger partial charge in [-0.25, -0.2) is 14.6 Å². The van der Waals surface area contributed by atoms with Crippen molar-refractivity contribution in [3.05, 3.63) is 72.3 Å². The molecule has 0 spiro atoms. The second kappa shape index (κ2) is 17.6. The average molecular weight is 620 g/mol. The van der Waals surface area contributed by atoms with E-state index in [0.29, 0.717) is 18.6 Å². The van der Waals surface area contributed by atoms with Crippen molar-refractivity contribution >= 4 is 40.6 Å². The lowest BCUT2D eigenvalue weighted by Crippen LogP contribution is -2.57. The van der Waals surface area contributed by atoms with Gasteiger partial charge in [-0.05, 0) is 42.5 Å². The van der Waals surface area contributed by atoms with Gasteiger partial charge in [0.1, 0.15) is 11.9 Å². The summed E-state index contributed by atoms with van der Waals surface area (Å²) in [5, 5.41) is 23.1. The lowest BCUT2D eigenvalue weighted by atomic mass is 9.99. The first-order valence-corrected chi connectivity index (χ1v) is 15.3. The van der Waals surface area contributed by atoms with Gasteiger partial charge in [0.05, 0.1) is 30.6 Å². The van der Waals surface area contributed by atoms with E-state index in [9.17, 15) is 24.3 Å². The number of fused-ring (bicyclic) bond motifs is 1. The van der Waals surface area contributed by atoms with Gasteiger partial charge in [-0.1, -0.05) is 75.7 Å². The van der Waals surface area contributed by atoms with Crippen molar-refractivity contribution in [1.29, 1.82) is 0 Å². The van der Waals surface area contributed by atoms with Crippen molar-refractivity contribution in [2.45, 2.75) is 64.6 Å². The van der Waals surface area contributed by atoms with Gasteiger partial charge in [-0.2, -0.15) is 0 Å². The summed E-state index contributed by atoms with van der Waals surface area (Å²) in [5.41, 5.74) is 6.94. The van der Waals surface area contributed by atoms with E-state index in [1.54, 1.807) is 18.2 Å². The molecule has 7 N–H and O–H groups in total. The molecule has 1 heterocycles. The maximum absolute atomic E-state index is 13.5. The quantitative estimate of drug-likeness (QED) is 0.134. The average Bonchev–Trinajstić information content (AvgIpc) is 3.00. The third-order valence-corrected chi connectivity index (χ3v) is 7.04. The number of aromatic nitrogens is 1. The zero-order valence-corrected chi connectivity index (χ0v) is 26.2. The van der Waals surface area contributed by atoms with E-state index in [1.807, 2.05) is 69.3 Å². The fourth-order valence-corrected chi connectivity index (χ4v) is 4.81. The van der Waals surface area contributed by atoms with Crippen LogP contribution in [-0.4, -0.2) is 76.7 Å². The summed E-state index contributed by atoms with van der Waals surface area (Å²) in [7, 11) is 0. The molecule has 3 unspecified atom stereocenters. The molecule has 12 nitrogen and oxygen atoms in total.